The van der Waals surface area contributed by atoms with Gasteiger partial charge in [0, 0.05) is 20.4 Å². The molecule has 1 aromatic heterocycles. The Labute approximate surface area is 76.6 Å². The molecule has 0 amide bonds. The van der Waals surface area contributed by atoms with E-state index in [-0.39, 0.29) is 5.41 Å². The molecular weight excluding hydrogens is 170 g/mol. The average molecular weight is 183 g/mol. The van der Waals surface area contributed by atoms with Crippen LogP contribution in [0.3, 0.4) is 0 Å². The van der Waals surface area contributed by atoms with Gasteiger partial charge < -0.3 is 9.47 Å². The van der Waals surface area contributed by atoms with Crippen molar-refractivity contribution in [3.8, 4) is 0 Å². The summed E-state index contributed by atoms with van der Waals surface area (Å²) in [5, 5.41) is 7.98. The summed E-state index contributed by atoms with van der Waals surface area (Å²) in [6, 6.07) is 0. The van der Waals surface area contributed by atoms with Crippen LogP contribution < -0.4 is 0 Å². The molecular formula is C8H13N3O2. The second kappa shape index (κ2) is 3.08. The van der Waals surface area contributed by atoms with Crippen LogP contribution in [0, 0.1) is 0 Å². The van der Waals surface area contributed by atoms with Crippen molar-refractivity contribution in [3.05, 3.63) is 11.9 Å². The van der Waals surface area contributed by atoms with Gasteiger partial charge in [-0.05, 0) is 0 Å². The SMILES string of the molecule is COCC1(c2cn(C)nn2)COC1. The summed E-state index contributed by atoms with van der Waals surface area (Å²) in [4.78, 5) is 0. The molecule has 0 N–H and O–H groups in total. The number of hydrogen-bond donors (Lipinski definition) is 0. The number of methoxy groups -OCH3 is 1. The van der Waals surface area contributed by atoms with Crippen LogP contribution in [0.25, 0.3) is 0 Å². The number of aromatic nitrogens is 3. The van der Waals surface area contributed by atoms with Gasteiger partial charge in [-0.1, -0.05) is 5.21 Å². The highest BCUT2D eigenvalue weighted by molar-refractivity contribution is 5.16. The molecule has 5 heteroatoms. The van der Waals surface area contributed by atoms with Crippen LogP contribution in [-0.2, 0) is 21.9 Å². The first-order chi connectivity index (χ1) is 6.27. The predicted molar refractivity (Wildman–Crippen MR) is 45.4 cm³/mol. The zero-order valence-electron chi connectivity index (χ0n) is 7.86. The van der Waals surface area contributed by atoms with Gasteiger partial charge in [-0.15, -0.1) is 5.10 Å². The van der Waals surface area contributed by atoms with Crippen molar-refractivity contribution in [1.29, 1.82) is 0 Å². The van der Waals surface area contributed by atoms with Crippen LogP contribution in [0.2, 0.25) is 0 Å². The third kappa shape index (κ3) is 1.34. The lowest BCUT2D eigenvalue weighted by atomic mass is 9.84. The topological polar surface area (TPSA) is 49.2 Å². The molecule has 13 heavy (non-hydrogen) atoms. The Morgan fingerprint density at radius 3 is 2.85 bits per heavy atom. The quantitative estimate of drug-likeness (QED) is 0.647. The van der Waals surface area contributed by atoms with E-state index in [1.54, 1.807) is 11.8 Å². The van der Waals surface area contributed by atoms with E-state index < -0.39 is 0 Å². The van der Waals surface area contributed by atoms with Crippen LogP contribution in [-0.4, -0.2) is 41.9 Å². The summed E-state index contributed by atoms with van der Waals surface area (Å²) in [5.41, 5.74) is 0.909. The van der Waals surface area contributed by atoms with Gasteiger partial charge in [0.1, 0.15) is 0 Å². The molecule has 0 aromatic carbocycles. The maximum absolute atomic E-state index is 5.20. The number of hydrogen-bond acceptors (Lipinski definition) is 4. The monoisotopic (exact) mass is 183 g/mol. The highest BCUT2D eigenvalue weighted by Crippen LogP contribution is 2.30. The fraction of sp³-hybridized carbons (Fsp3) is 0.750. The lowest BCUT2D eigenvalue weighted by Crippen LogP contribution is -2.50. The molecule has 1 saturated heterocycles. The van der Waals surface area contributed by atoms with E-state index in [1.165, 1.54) is 0 Å². The minimum absolute atomic E-state index is 0.0526. The Bertz CT molecular complexity index is 293. The molecule has 1 aliphatic heterocycles. The Morgan fingerprint density at radius 1 is 1.69 bits per heavy atom. The molecule has 0 radical (unpaired) electrons. The maximum Gasteiger partial charge on any atom is 0.0958 e. The lowest BCUT2D eigenvalue weighted by Gasteiger charge is -2.38. The maximum atomic E-state index is 5.20. The van der Waals surface area contributed by atoms with E-state index in [0.717, 1.165) is 5.69 Å². The van der Waals surface area contributed by atoms with Gasteiger partial charge in [0.2, 0.25) is 0 Å². The molecule has 1 aromatic rings. The van der Waals surface area contributed by atoms with Crippen molar-refractivity contribution < 1.29 is 9.47 Å². The van der Waals surface area contributed by atoms with Crippen molar-refractivity contribution in [1.82, 2.24) is 15.0 Å². The standard InChI is InChI=1S/C8H13N3O2/c1-11-3-7(9-10-11)8(4-12-2)5-13-6-8/h3H,4-6H2,1-2H3. The molecule has 1 aliphatic rings. The molecule has 0 unspecified atom stereocenters. The van der Waals surface area contributed by atoms with E-state index >= 15 is 0 Å². The average Bonchev–Trinajstić information content (AvgIpc) is 2.44. The van der Waals surface area contributed by atoms with Crippen molar-refractivity contribution in [3.63, 3.8) is 0 Å². The zero-order valence-corrected chi connectivity index (χ0v) is 7.86. The normalized spacial score (nSPS) is 19.8. The molecule has 0 atom stereocenters. The zero-order chi connectivity index (χ0) is 9.31. The number of aryl methyl sites for hydroxylation is 1. The summed E-state index contributed by atoms with van der Waals surface area (Å²) in [5.74, 6) is 0. The molecule has 72 valence electrons. The number of ether oxygens (including phenoxy) is 2. The van der Waals surface area contributed by atoms with Crippen LogP contribution in [0.5, 0.6) is 0 Å². The Balaban J connectivity index is 2.21. The molecule has 1 fully saturated rings. The second-order valence-electron chi connectivity index (χ2n) is 3.48. The lowest BCUT2D eigenvalue weighted by molar-refractivity contribution is -0.0936. The van der Waals surface area contributed by atoms with E-state index in [4.69, 9.17) is 9.47 Å². The molecule has 2 heterocycles. The second-order valence-corrected chi connectivity index (χ2v) is 3.48. The highest BCUT2D eigenvalue weighted by Gasteiger charge is 2.42. The Hall–Kier alpha value is -0.940. The summed E-state index contributed by atoms with van der Waals surface area (Å²) in [6.45, 7) is 2.00. The fourth-order valence-electron chi connectivity index (χ4n) is 1.52. The van der Waals surface area contributed by atoms with E-state index in [0.29, 0.717) is 19.8 Å². The highest BCUT2D eigenvalue weighted by atomic mass is 16.5. The Morgan fingerprint density at radius 2 is 2.46 bits per heavy atom. The molecule has 0 spiro atoms. The van der Waals surface area contributed by atoms with Gasteiger partial charge in [-0.2, -0.15) is 0 Å². The molecule has 0 bridgehead atoms. The van der Waals surface area contributed by atoms with Crippen molar-refractivity contribution in [2.24, 2.45) is 7.05 Å². The molecule has 5 nitrogen and oxygen atoms in total. The fourth-order valence-corrected chi connectivity index (χ4v) is 1.52. The van der Waals surface area contributed by atoms with E-state index in [9.17, 15) is 0 Å². The van der Waals surface area contributed by atoms with Gasteiger partial charge in [-0.3, -0.25) is 4.68 Å². The van der Waals surface area contributed by atoms with Crippen molar-refractivity contribution >= 4 is 0 Å². The molecule has 0 aliphatic carbocycles. The first-order valence-corrected chi connectivity index (χ1v) is 4.20. The van der Waals surface area contributed by atoms with Gasteiger partial charge in [0.15, 0.2) is 0 Å². The van der Waals surface area contributed by atoms with Crippen LogP contribution in [0.15, 0.2) is 6.20 Å². The van der Waals surface area contributed by atoms with Crippen LogP contribution in [0.4, 0.5) is 0 Å². The summed E-state index contributed by atoms with van der Waals surface area (Å²) in [7, 11) is 3.55. The minimum atomic E-state index is -0.0526. The molecule has 0 saturated carbocycles. The smallest absolute Gasteiger partial charge is 0.0958 e. The first-order valence-electron chi connectivity index (χ1n) is 4.20. The number of rotatable bonds is 3. The van der Waals surface area contributed by atoms with Gasteiger partial charge in [0.05, 0.1) is 30.9 Å². The summed E-state index contributed by atoms with van der Waals surface area (Å²) in [6.07, 6.45) is 1.92. The minimum Gasteiger partial charge on any atom is -0.384 e. The summed E-state index contributed by atoms with van der Waals surface area (Å²) < 4.78 is 12.1. The number of nitrogens with zero attached hydrogens (tertiary/aromatic N) is 3. The van der Waals surface area contributed by atoms with E-state index in [1.807, 2.05) is 13.2 Å². The first kappa shape index (κ1) is 8.65. The Kier molecular flexibility index (Phi) is 2.05. The van der Waals surface area contributed by atoms with E-state index in [2.05, 4.69) is 10.3 Å². The van der Waals surface area contributed by atoms with Crippen LogP contribution in [0.1, 0.15) is 5.69 Å². The van der Waals surface area contributed by atoms with Gasteiger partial charge in [-0.25, -0.2) is 0 Å². The third-order valence-electron chi connectivity index (χ3n) is 2.32. The largest absolute Gasteiger partial charge is 0.384 e. The van der Waals surface area contributed by atoms with Crippen molar-refractivity contribution in [2.75, 3.05) is 26.9 Å². The third-order valence-corrected chi connectivity index (χ3v) is 2.32. The van der Waals surface area contributed by atoms with Crippen LogP contribution >= 0.6 is 0 Å². The van der Waals surface area contributed by atoms with Crippen molar-refractivity contribution in [2.45, 2.75) is 5.41 Å². The van der Waals surface area contributed by atoms with Gasteiger partial charge in [0.25, 0.3) is 0 Å². The van der Waals surface area contributed by atoms with Gasteiger partial charge >= 0.3 is 0 Å². The molecule has 2 rings (SSSR count). The predicted octanol–water partition coefficient (Wildman–Crippen LogP) is -0.270. The summed E-state index contributed by atoms with van der Waals surface area (Å²) >= 11 is 0.